The number of likely N-dealkylation sites (N-methyl/N-ethyl adjacent to an activating group) is 1. The maximum Gasteiger partial charge on any atom is 0.216 e. The molecule has 0 aromatic carbocycles. The van der Waals surface area contributed by atoms with E-state index in [9.17, 15) is 0 Å². The fraction of sp³-hybridized carbons (Fsp3) is 0.600. The molecule has 0 aliphatic carbocycles. The second-order valence-corrected chi connectivity index (χ2v) is 3.02. The van der Waals surface area contributed by atoms with Gasteiger partial charge in [-0.25, -0.2) is 4.98 Å². The predicted molar refractivity (Wildman–Crippen MR) is 55.6 cm³/mol. The Labute approximate surface area is 84.7 Å². The van der Waals surface area contributed by atoms with E-state index in [4.69, 9.17) is 4.74 Å². The number of hydrogen-bond donors (Lipinski definition) is 1. The first-order valence-corrected chi connectivity index (χ1v) is 4.85. The van der Waals surface area contributed by atoms with Gasteiger partial charge < -0.3 is 10.1 Å². The van der Waals surface area contributed by atoms with E-state index in [1.54, 1.807) is 7.11 Å². The number of aromatic nitrogens is 2. The van der Waals surface area contributed by atoms with E-state index in [0.29, 0.717) is 5.88 Å². The summed E-state index contributed by atoms with van der Waals surface area (Å²) < 4.78 is 5.11. The van der Waals surface area contributed by atoms with Gasteiger partial charge in [-0.1, -0.05) is 6.92 Å². The van der Waals surface area contributed by atoms with Crippen LogP contribution >= 0.6 is 0 Å². The molecule has 0 aliphatic heterocycles. The Balaban J connectivity index is 2.81. The second-order valence-electron chi connectivity index (χ2n) is 3.02. The van der Waals surface area contributed by atoms with Gasteiger partial charge in [-0.05, 0) is 7.05 Å². The number of ether oxygens (including phenoxy) is 1. The van der Waals surface area contributed by atoms with Crippen LogP contribution in [0.3, 0.4) is 0 Å². The Morgan fingerprint density at radius 2 is 2.21 bits per heavy atom. The highest BCUT2D eigenvalue weighted by atomic mass is 16.5. The van der Waals surface area contributed by atoms with Crippen molar-refractivity contribution in [2.75, 3.05) is 20.7 Å². The molecule has 1 aromatic heterocycles. The molecule has 1 heterocycles. The smallest absolute Gasteiger partial charge is 0.216 e. The van der Waals surface area contributed by atoms with Crippen molar-refractivity contribution >= 4 is 0 Å². The summed E-state index contributed by atoms with van der Waals surface area (Å²) >= 11 is 0. The van der Waals surface area contributed by atoms with Gasteiger partial charge >= 0.3 is 0 Å². The molecule has 0 bridgehead atoms. The molecule has 1 aromatic rings. The first kappa shape index (κ1) is 10.9. The zero-order valence-electron chi connectivity index (χ0n) is 9.00. The molecule has 4 heteroatoms. The summed E-state index contributed by atoms with van der Waals surface area (Å²) in [5, 5.41) is 3.09. The lowest BCUT2D eigenvalue weighted by molar-refractivity contribution is 0.394. The highest BCUT2D eigenvalue weighted by molar-refractivity contribution is 5.16. The largest absolute Gasteiger partial charge is 0.481 e. The summed E-state index contributed by atoms with van der Waals surface area (Å²) in [5.74, 6) is 1.50. The fourth-order valence-corrected chi connectivity index (χ4v) is 1.17. The lowest BCUT2D eigenvalue weighted by atomic mass is 10.3. The first-order chi connectivity index (χ1) is 6.80. The molecule has 78 valence electrons. The minimum atomic E-state index is 0.656. The van der Waals surface area contributed by atoms with Gasteiger partial charge in [0.25, 0.3) is 0 Å². The van der Waals surface area contributed by atoms with Crippen molar-refractivity contribution in [1.29, 1.82) is 0 Å². The van der Waals surface area contributed by atoms with Crippen LogP contribution in [0.2, 0.25) is 0 Å². The summed E-state index contributed by atoms with van der Waals surface area (Å²) in [7, 11) is 3.56. The van der Waals surface area contributed by atoms with Gasteiger partial charge in [0.1, 0.15) is 5.82 Å². The molecule has 1 rings (SSSR count). The van der Waals surface area contributed by atoms with Crippen molar-refractivity contribution < 1.29 is 4.74 Å². The van der Waals surface area contributed by atoms with Crippen molar-refractivity contribution in [2.24, 2.45) is 0 Å². The van der Waals surface area contributed by atoms with E-state index >= 15 is 0 Å². The monoisotopic (exact) mass is 195 g/mol. The van der Waals surface area contributed by atoms with Gasteiger partial charge in [-0.2, -0.15) is 4.98 Å². The summed E-state index contributed by atoms with van der Waals surface area (Å²) in [5.41, 5.74) is 1.03. The molecule has 0 unspecified atom stereocenters. The molecule has 0 fully saturated rings. The van der Waals surface area contributed by atoms with Crippen LogP contribution < -0.4 is 10.1 Å². The Kier molecular flexibility index (Phi) is 4.32. The van der Waals surface area contributed by atoms with Crippen LogP contribution in [0.15, 0.2) is 6.07 Å². The zero-order valence-corrected chi connectivity index (χ0v) is 9.00. The highest BCUT2D eigenvalue weighted by Gasteiger charge is 2.02. The quantitative estimate of drug-likeness (QED) is 0.755. The number of hydrogen-bond acceptors (Lipinski definition) is 4. The third-order valence-corrected chi connectivity index (χ3v) is 1.96. The van der Waals surface area contributed by atoms with Crippen LogP contribution in [0.4, 0.5) is 0 Å². The van der Waals surface area contributed by atoms with Crippen LogP contribution in [0.1, 0.15) is 18.4 Å². The van der Waals surface area contributed by atoms with Gasteiger partial charge in [0.2, 0.25) is 5.88 Å². The van der Waals surface area contributed by atoms with Gasteiger partial charge in [-0.15, -0.1) is 0 Å². The van der Waals surface area contributed by atoms with E-state index in [1.165, 1.54) is 0 Å². The molecule has 0 atom stereocenters. The van der Waals surface area contributed by atoms with E-state index in [1.807, 2.05) is 20.0 Å². The molecular weight excluding hydrogens is 178 g/mol. The van der Waals surface area contributed by atoms with Crippen molar-refractivity contribution in [3.05, 3.63) is 17.6 Å². The third-order valence-electron chi connectivity index (χ3n) is 1.96. The molecule has 14 heavy (non-hydrogen) atoms. The summed E-state index contributed by atoms with van der Waals surface area (Å²) in [4.78, 5) is 8.63. The topological polar surface area (TPSA) is 47.0 Å². The maximum absolute atomic E-state index is 5.11. The van der Waals surface area contributed by atoms with Gasteiger partial charge in [-0.3, -0.25) is 0 Å². The van der Waals surface area contributed by atoms with E-state index < -0.39 is 0 Å². The van der Waals surface area contributed by atoms with Crippen LogP contribution in [-0.2, 0) is 12.8 Å². The lowest BCUT2D eigenvalue weighted by Crippen LogP contribution is -2.12. The van der Waals surface area contributed by atoms with Crippen LogP contribution in [0.25, 0.3) is 0 Å². The predicted octanol–water partition coefficient (Wildman–Crippen LogP) is 0.809. The van der Waals surface area contributed by atoms with Crippen LogP contribution in [-0.4, -0.2) is 30.7 Å². The Hall–Kier alpha value is -1.16. The molecule has 0 saturated heterocycles. The third kappa shape index (κ3) is 2.96. The minimum Gasteiger partial charge on any atom is -0.481 e. The maximum atomic E-state index is 5.11. The molecular formula is C10H17N3O. The molecule has 0 saturated carbocycles. The number of nitrogens with one attached hydrogen (secondary N) is 1. The van der Waals surface area contributed by atoms with E-state index in [-0.39, 0.29) is 0 Å². The van der Waals surface area contributed by atoms with Gasteiger partial charge in [0.15, 0.2) is 0 Å². The summed E-state index contributed by atoms with van der Waals surface area (Å²) in [6, 6.07) is 1.89. The lowest BCUT2D eigenvalue weighted by Gasteiger charge is -2.05. The van der Waals surface area contributed by atoms with Crippen molar-refractivity contribution in [3.8, 4) is 5.88 Å². The van der Waals surface area contributed by atoms with E-state index in [2.05, 4.69) is 15.3 Å². The van der Waals surface area contributed by atoms with Crippen molar-refractivity contribution in [1.82, 2.24) is 15.3 Å². The molecule has 0 amide bonds. The number of aryl methyl sites for hydroxylation is 1. The Morgan fingerprint density at radius 3 is 2.79 bits per heavy atom. The van der Waals surface area contributed by atoms with Crippen molar-refractivity contribution in [2.45, 2.75) is 19.8 Å². The average molecular weight is 195 g/mol. The molecule has 0 spiro atoms. The van der Waals surface area contributed by atoms with Crippen LogP contribution in [0.5, 0.6) is 5.88 Å². The van der Waals surface area contributed by atoms with Crippen LogP contribution in [0, 0.1) is 0 Å². The molecule has 0 radical (unpaired) electrons. The number of rotatable bonds is 5. The van der Waals surface area contributed by atoms with E-state index in [0.717, 1.165) is 30.9 Å². The van der Waals surface area contributed by atoms with Crippen molar-refractivity contribution in [3.63, 3.8) is 0 Å². The normalized spacial score (nSPS) is 10.2. The van der Waals surface area contributed by atoms with Gasteiger partial charge in [0, 0.05) is 31.1 Å². The first-order valence-electron chi connectivity index (χ1n) is 4.85. The molecule has 4 nitrogen and oxygen atoms in total. The van der Waals surface area contributed by atoms with Gasteiger partial charge in [0.05, 0.1) is 7.11 Å². The fourth-order valence-electron chi connectivity index (χ4n) is 1.17. The minimum absolute atomic E-state index is 0.656. The Bertz CT molecular complexity index is 266. The molecule has 0 aliphatic rings. The SMILES string of the molecule is CCc1nc(CCNC)cc(OC)n1. The average Bonchev–Trinajstić information content (AvgIpc) is 2.25. The molecule has 1 N–H and O–H groups in total. The number of nitrogens with zero attached hydrogens (tertiary/aromatic N) is 2. The summed E-state index contributed by atoms with van der Waals surface area (Å²) in [6.07, 6.45) is 1.74. The second kappa shape index (κ2) is 5.54. The Morgan fingerprint density at radius 1 is 1.43 bits per heavy atom. The zero-order chi connectivity index (χ0) is 10.4. The summed E-state index contributed by atoms with van der Waals surface area (Å²) in [6.45, 7) is 2.96. The standard InChI is InChI=1S/C10H17N3O/c1-4-9-12-8(5-6-11-2)7-10(13-9)14-3/h7,11H,4-6H2,1-3H3. The highest BCUT2D eigenvalue weighted by Crippen LogP contribution is 2.09. The number of methoxy groups -OCH3 is 1.